The van der Waals surface area contributed by atoms with Gasteiger partial charge < -0.3 is 4.74 Å². The van der Waals surface area contributed by atoms with Crippen LogP contribution in [0.4, 0.5) is 0 Å². The second kappa shape index (κ2) is 6.20. The summed E-state index contributed by atoms with van der Waals surface area (Å²) < 4.78 is 5.45. The molecule has 0 radical (unpaired) electrons. The lowest BCUT2D eigenvalue weighted by molar-refractivity contribution is 0.0403. The minimum Gasteiger partial charge on any atom is -0.379 e. The van der Waals surface area contributed by atoms with E-state index in [4.69, 9.17) is 4.74 Å². The minimum absolute atomic E-state index is 0.930. The van der Waals surface area contributed by atoms with E-state index < -0.39 is 8.07 Å². The summed E-state index contributed by atoms with van der Waals surface area (Å²) >= 11 is 0. The highest BCUT2D eigenvalue weighted by Gasteiger charge is 2.37. The molecular formula is C16H25NOSi. The monoisotopic (exact) mass is 275 g/mol. The maximum atomic E-state index is 5.45. The van der Waals surface area contributed by atoms with Crippen LogP contribution >= 0.6 is 0 Å². The van der Waals surface area contributed by atoms with Crippen LogP contribution in [0.1, 0.15) is 12.8 Å². The molecule has 104 valence electrons. The molecular weight excluding hydrogens is 250 g/mol. The first-order valence-corrected chi connectivity index (χ1v) is 10.4. The highest BCUT2D eigenvalue weighted by molar-refractivity contribution is 6.92. The average Bonchev–Trinajstić information content (AvgIpc) is 2.97. The van der Waals surface area contributed by atoms with E-state index in [9.17, 15) is 0 Å². The molecule has 0 N–H and O–H groups in total. The number of nitrogens with zero attached hydrogens (tertiary/aromatic N) is 1. The molecule has 3 rings (SSSR count). The zero-order valence-electron chi connectivity index (χ0n) is 11.8. The fourth-order valence-corrected chi connectivity index (χ4v) is 8.84. The molecule has 0 bridgehead atoms. The van der Waals surface area contributed by atoms with Gasteiger partial charge in [0.2, 0.25) is 0 Å². The molecule has 0 amide bonds. The molecule has 0 atom stereocenters. The van der Waals surface area contributed by atoms with Crippen LogP contribution in [0.5, 0.6) is 0 Å². The number of hydrogen-bond donors (Lipinski definition) is 0. The Morgan fingerprint density at radius 1 is 1.00 bits per heavy atom. The van der Waals surface area contributed by atoms with Crippen LogP contribution in [0.25, 0.3) is 0 Å². The van der Waals surface area contributed by atoms with Gasteiger partial charge in [0.15, 0.2) is 0 Å². The second-order valence-electron chi connectivity index (χ2n) is 6.06. The quantitative estimate of drug-likeness (QED) is 0.783. The van der Waals surface area contributed by atoms with Crippen molar-refractivity contribution in [1.29, 1.82) is 0 Å². The predicted octanol–water partition coefficient (Wildman–Crippen LogP) is 2.47. The van der Waals surface area contributed by atoms with Gasteiger partial charge in [-0.05, 0) is 12.6 Å². The van der Waals surface area contributed by atoms with Crippen LogP contribution in [0.3, 0.4) is 0 Å². The van der Waals surface area contributed by atoms with E-state index in [0.29, 0.717) is 0 Å². The first-order chi connectivity index (χ1) is 9.39. The molecule has 1 aromatic carbocycles. The molecule has 0 unspecified atom stereocenters. The SMILES string of the molecule is c1ccc([Si]2(CCN3CCOCC3)CCCC2)cc1. The van der Waals surface area contributed by atoms with Crippen LogP contribution < -0.4 is 5.19 Å². The summed E-state index contributed by atoms with van der Waals surface area (Å²) in [5.41, 5.74) is 0. The van der Waals surface area contributed by atoms with Crippen molar-refractivity contribution in [2.24, 2.45) is 0 Å². The van der Waals surface area contributed by atoms with Crippen molar-refractivity contribution < 1.29 is 4.74 Å². The standard InChI is InChI=1S/C16H25NOSi/c1-2-6-16(7-3-1)19(13-4-5-14-19)15-10-17-8-11-18-12-9-17/h1-3,6-7H,4-5,8-15H2. The van der Waals surface area contributed by atoms with E-state index in [2.05, 4.69) is 35.2 Å². The number of morpholine rings is 1. The van der Waals surface area contributed by atoms with Gasteiger partial charge in [-0.3, -0.25) is 4.90 Å². The fourth-order valence-electron chi connectivity index (χ4n) is 3.72. The van der Waals surface area contributed by atoms with Crippen molar-refractivity contribution in [3.05, 3.63) is 30.3 Å². The Labute approximate surface area is 117 Å². The third kappa shape index (κ3) is 3.10. The van der Waals surface area contributed by atoms with E-state index in [1.165, 1.54) is 37.5 Å². The highest BCUT2D eigenvalue weighted by Crippen LogP contribution is 2.33. The molecule has 2 fully saturated rings. The van der Waals surface area contributed by atoms with Crippen molar-refractivity contribution in [1.82, 2.24) is 4.90 Å². The summed E-state index contributed by atoms with van der Waals surface area (Å²) in [6, 6.07) is 15.9. The molecule has 3 heteroatoms. The summed E-state index contributed by atoms with van der Waals surface area (Å²) in [5.74, 6) is 0. The van der Waals surface area contributed by atoms with Crippen molar-refractivity contribution in [2.75, 3.05) is 32.8 Å². The van der Waals surface area contributed by atoms with Gasteiger partial charge in [-0.25, -0.2) is 0 Å². The van der Waals surface area contributed by atoms with Gasteiger partial charge in [0.05, 0.1) is 21.3 Å². The molecule has 0 saturated carbocycles. The largest absolute Gasteiger partial charge is 0.379 e. The smallest absolute Gasteiger partial charge is 0.0879 e. The van der Waals surface area contributed by atoms with Gasteiger partial charge in [-0.2, -0.15) is 0 Å². The molecule has 0 aliphatic carbocycles. The Balaban J connectivity index is 1.67. The Bertz CT molecular complexity index is 383. The van der Waals surface area contributed by atoms with Gasteiger partial charge in [-0.1, -0.05) is 60.4 Å². The van der Waals surface area contributed by atoms with Gasteiger partial charge >= 0.3 is 0 Å². The molecule has 2 heterocycles. The average molecular weight is 275 g/mol. The minimum atomic E-state index is -1.17. The Morgan fingerprint density at radius 3 is 2.37 bits per heavy atom. The molecule has 2 aliphatic heterocycles. The number of hydrogen-bond acceptors (Lipinski definition) is 2. The normalized spacial score (nSPS) is 23.6. The van der Waals surface area contributed by atoms with Crippen LogP contribution in [-0.4, -0.2) is 45.8 Å². The van der Waals surface area contributed by atoms with Crippen molar-refractivity contribution in [2.45, 2.75) is 31.0 Å². The number of ether oxygens (including phenoxy) is 1. The molecule has 19 heavy (non-hydrogen) atoms. The molecule has 0 aromatic heterocycles. The van der Waals surface area contributed by atoms with Gasteiger partial charge in [0, 0.05) is 13.1 Å². The summed E-state index contributed by atoms with van der Waals surface area (Å²) in [4.78, 5) is 2.61. The van der Waals surface area contributed by atoms with Gasteiger partial charge in [0.25, 0.3) is 0 Å². The first kappa shape index (κ1) is 13.3. The molecule has 2 saturated heterocycles. The third-order valence-electron chi connectivity index (χ3n) is 4.96. The third-order valence-corrected chi connectivity index (χ3v) is 10.3. The summed E-state index contributed by atoms with van der Waals surface area (Å²) in [6.45, 7) is 5.43. The highest BCUT2D eigenvalue weighted by atomic mass is 28.3. The van der Waals surface area contributed by atoms with Crippen LogP contribution in [0.2, 0.25) is 18.1 Å². The Kier molecular flexibility index (Phi) is 4.36. The van der Waals surface area contributed by atoms with Crippen LogP contribution in [-0.2, 0) is 4.74 Å². The first-order valence-electron chi connectivity index (χ1n) is 7.75. The Hall–Kier alpha value is -0.643. The zero-order valence-corrected chi connectivity index (χ0v) is 12.8. The fraction of sp³-hybridized carbons (Fsp3) is 0.625. The molecule has 1 aromatic rings. The second-order valence-corrected chi connectivity index (χ2v) is 10.7. The molecule has 0 spiro atoms. The summed E-state index contributed by atoms with van der Waals surface area (Å²) in [6.07, 6.45) is 2.93. The molecule has 2 aliphatic rings. The van der Waals surface area contributed by atoms with E-state index in [-0.39, 0.29) is 0 Å². The maximum absolute atomic E-state index is 5.45. The van der Waals surface area contributed by atoms with Crippen LogP contribution in [0.15, 0.2) is 30.3 Å². The van der Waals surface area contributed by atoms with Gasteiger partial charge in [-0.15, -0.1) is 0 Å². The van der Waals surface area contributed by atoms with E-state index >= 15 is 0 Å². The lowest BCUT2D eigenvalue weighted by Gasteiger charge is -2.32. The van der Waals surface area contributed by atoms with Crippen molar-refractivity contribution >= 4 is 13.3 Å². The van der Waals surface area contributed by atoms with Gasteiger partial charge in [0.1, 0.15) is 0 Å². The predicted molar refractivity (Wildman–Crippen MR) is 82.7 cm³/mol. The van der Waals surface area contributed by atoms with Crippen molar-refractivity contribution in [3.63, 3.8) is 0 Å². The van der Waals surface area contributed by atoms with E-state index in [0.717, 1.165) is 26.3 Å². The van der Waals surface area contributed by atoms with E-state index in [1.807, 2.05) is 0 Å². The summed E-state index contributed by atoms with van der Waals surface area (Å²) in [7, 11) is -1.17. The summed E-state index contributed by atoms with van der Waals surface area (Å²) in [5, 5.41) is 1.71. The Morgan fingerprint density at radius 2 is 1.68 bits per heavy atom. The lowest BCUT2D eigenvalue weighted by atomic mass is 10.4. The zero-order chi connectivity index (χ0) is 13.0. The van der Waals surface area contributed by atoms with Crippen LogP contribution in [0, 0.1) is 0 Å². The van der Waals surface area contributed by atoms with E-state index in [1.54, 1.807) is 5.19 Å². The lowest BCUT2D eigenvalue weighted by Crippen LogP contribution is -2.48. The van der Waals surface area contributed by atoms with Crippen molar-refractivity contribution in [3.8, 4) is 0 Å². The number of benzene rings is 1. The topological polar surface area (TPSA) is 12.5 Å². The number of rotatable bonds is 4. The molecule has 2 nitrogen and oxygen atoms in total. The maximum Gasteiger partial charge on any atom is 0.0879 e.